The van der Waals surface area contributed by atoms with Crippen molar-refractivity contribution in [3.8, 4) is 33.8 Å². The summed E-state index contributed by atoms with van der Waals surface area (Å²) in [6.45, 7) is 0. The van der Waals surface area contributed by atoms with Crippen molar-refractivity contribution in [2.75, 3.05) is 0 Å². The van der Waals surface area contributed by atoms with Crippen molar-refractivity contribution in [1.82, 2.24) is 0 Å². The minimum absolute atomic E-state index is 0.694. The van der Waals surface area contributed by atoms with Crippen LogP contribution >= 0.6 is 34.0 Å². The van der Waals surface area contributed by atoms with E-state index in [2.05, 4.69) is 78.9 Å². The zero-order valence-electron chi connectivity index (χ0n) is 22.3. The Labute approximate surface area is 255 Å². The predicted octanol–water partition coefficient (Wildman–Crippen LogP) is 12.7. The number of hydrogen-bond acceptors (Lipinski definition) is 7. The van der Waals surface area contributed by atoms with Crippen LogP contribution in [0.2, 0.25) is 0 Å². The standard InChI is InChI=1S/C36H18O4S3/c1-2-7-29-24(6-1)32-27(17-38-35(32)42-29)40-28-18-39-36-33(28)26-16-22(9-11-31(26)43-36)20-5-3-4-19(14-20)21-8-10-30-25(15-21)23-12-13-37-34(23)41-30/h1-18H. The van der Waals surface area contributed by atoms with Gasteiger partial charge in [0.05, 0.1) is 17.0 Å². The predicted molar refractivity (Wildman–Crippen MR) is 179 cm³/mol. The Balaban J connectivity index is 1.07. The molecule has 6 aromatic heterocycles. The second-order valence-corrected chi connectivity index (χ2v) is 13.6. The van der Waals surface area contributed by atoms with Crippen LogP contribution < -0.4 is 4.74 Å². The molecule has 10 rings (SSSR count). The summed E-state index contributed by atoms with van der Waals surface area (Å²) in [5, 5.41) is 6.64. The summed E-state index contributed by atoms with van der Waals surface area (Å²) in [6, 6.07) is 32.4. The largest absolute Gasteiger partial charge is 0.454 e. The fourth-order valence-corrected chi connectivity index (χ4v) is 9.13. The van der Waals surface area contributed by atoms with E-state index in [1.165, 1.54) is 31.3 Å². The lowest BCUT2D eigenvalue weighted by Crippen LogP contribution is -1.83. The van der Waals surface area contributed by atoms with Crippen molar-refractivity contribution in [3.05, 3.63) is 110 Å². The zero-order chi connectivity index (χ0) is 28.1. The summed E-state index contributed by atoms with van der Waals surface area (Å²) in [5.41, 5.74) is 4.67. The van der Waals surface area contributed by atoms with Crippen LogP contribution in [0.1, 0.15) is 0 Å². The van der Waals surface area contributed by atoms with Crippen LogP contribution in [-0.2, 0) is 0 Å². The van der Waals surface area contributed by atoms with Crippen molar-refractivity contribution in [1.29, 1.82) is 0 Å². The highest BCUT2D eigenvalue weighted by molar-refractivity contribution is 7.26. The van der Waals surface area contributed by atoms with Gasteiger partial charge in [0.25, 0.3) is 0 Å². The quantitative estimate of drug-likeness (QED) is 0.199. The number of thiophene rings is 3. The van der Waals surface area contributed by atoms with E-state index in [0.717, 1.165) is 52.1 Å². The Morgan fingerprint density at radius 1 is 0.442 bits per heavy atom. The van der Waals surface area contributed by atoms with E-state index in [1.807, 2.05) is 12.1 Å². The summed E-state index contributed by atoms with van der Waals surface area (Å²) in [4.78, 5) is 2.68. The fraction of sp³-hybridized carbons (Fsp3) is 0. The van der Waals surface area contributed by atoms with Crippen LogP contribution in [0.25, 0.3) is 83.4 Å². The Hall–Kier alpha value is -4.82. The normalized spacial score (nSPS) is 12.2. The molecule has 0 radical (unpaired) electrons. The first-order chi connectivity index (χ1) is 21.3. The van der Waals surface area contributed by atoms with Gasteiger partial charge in [0, 0.05) is 35.6 Å². The Morgan fingerprint density at radius 3 is 1.81 bits per heavy atom. The Bertz CT molecular complexity index is 2670. The molecule has 0 saturated carbocycles. The molecule has 6 heterocycles. The van der Waals surface area contributed by atoms with Gasteiger partial charge in [0.1, 0.15) is 12.5 Å². The molecule has 4 aromatic carbocycles. The van der Waals surface area contributed by atoms with Gasteiger partial charge in [-0.1, -0.05) is 82.5 Å². The number of benzene rings is 4. The summed E-state index contributed by atoms with van der Waals surface area (Å²) >= 11 is 4.96. The lowest BCUT2D eigenvalue weighted by molar-refractivity contribution is 0.465. The van der Waals surface area contributed by atoms with E-state index in [1.54, 1.807) is 52.8 Å². The number of hydrogen-bond donors (Lipinski definition) is 0. The zero-order valence-corrected chi connectivity index (χ0v) is 24.7. The fourth-order valence-electron chi connectivity index (χ4n) is 6.07. The van der Waals surface area contributed by atoms with Crippen LogP contribution in [0.5, 0.6) is 11.5 Å². The van der Waals surface area contributed by atoms with Gasteiger partial charge in [-0.15, -0.1) is 0 Å². The molecule has 0 unspecified atom stereocenters. The summed E-state index contributed by atoms with van der Waals surface area (Å²) in [5.74, 6) is 1.40. The van der Waals surface area contributed by atoms with Crippen molar-refractivity contribution in [3.63, 3.8) is 0 Å². The lowest BCUT2D eigenvalue weighted by atomic mass is 9.97. The highest BCUT2D eigenvalue weighted by Crippen LogP contribution is 2.47. The molecular formula is C36H18O4S3. The molecular weight excluding hydrogens is 593 g/mol. The molecule has 10 aromatic rings. The van der Waals surface area contributed by atoms with Crippen molar-refractivity contribution in [2.24, 2.45) is 0 Å². The lowest BCUT2D eigenvalue weighted by Gasteiger charge is -2.07. The van der Waals surface area contributed by atoms with E-state index >= 15 is 0 Å². The van der Waals surface area contributed by atoms with Crippen molar-refractivity contribution >= 4 is 95.1 Å². The van der Waals surface area contributed by atoms with Gasteiger partial charge < -0.3 is 18.0 Å². The van der Waals surface area contributed by atoms with Crippen molar-refractivity contribution < 1.29 is 18.0 Å². The van der Waals surface area contributed by atoms with Crippen LogP contribution in [-0.4, -0.2) is 0 Å². The second kappa shape index (κ2) is 8.84. The molecule has 0 aliphatic heterocycles. The van der Waals surface area contributed by atoms with Crippen molar-refractivity contribution in [2.45, 2.75) is 0 Å². The highest BCUT2D eigenvalue weighted by atomic mass is 32.1. The molecule has 0 aliphatic carbocycles. The summed E-state index contributed by atoms with van der Waals surface area (Å²) in [7, 11) is 0. The minimum atomic E-state index is 0.694. The smallest absolute Gasteiger partial charge is 0.192 e. The van der Waals surface area contributed by atoms with Crippen LogP contribution in [0.4, 0.5) is 0 Å². The number of furan rings is 3. The summed E-state index contributed by atoms with van der Waals surface area (Å²) < 4.78 is 27.6. The molecule has 0 atom stereocenters. The molecule has 4 nitrogen and oxygen atoms in total. The highest BCUT2D eigenvalue weighted by Gasteiger charge is 2.20. The van der Waals surface area contributed by atoms with E-state index in [9.17, 15) is 0 Å². The first-order valence-corrected chi connectivity index (χ1v) is 16.2. The maximum absolute atomic E-state index is 6.51. The molecule has 43 heavy (non-hydrogen) atoms. The first kappa shape index (κ1) is 23.7. The molecule has 0 aliphatic rings. The van der Waals surface area contributed by atoms with Gasteiger partial charge in [-0.2, -0.15) is 0 Å². The van der Waals surface area contributed by atoms with Crippen LogP contribution in [0.15, 0.2) is 123 Å². The number of rotatable bonds is 4. The Morgan fingerprint density at radius 2 is 1.05 bits per heavy atom. The third-order valence-corrected chi connectivity index (χ3v) is 11.3. The Kier molecular flexibility index (Phi) is 4.88. The first-order valence-electron chi connectivity index (χ1n) is 13.8. The van der Waals surface area contributed by atoms with Gasteiger partial charge >= 0.3 is 0 Å². The molecule has 0 bridgehead atoms. The number of ether oxygens (including phenoxy) is 1. The maximum Gasteiger partial charge on any atom is 0.192 e. The topological polar surface area (TPSA) is 48.7 Å². The monoisotopic (exact) mass is 610 g/mol. The molecule has 0 fully saturated rings. The number of fused-ring (bicyclic) bond motifs is 9. The maximum atomic E-state index is 6.51. The van der Waals surface area contributed by atoms with E-state index in [0.29, 0.717) is 11.5 Å². The van der Waals surface area contributed by atoms with Gasteiger partial charge in [-0.05, 0) is 64.7 Å². The second-order valence-electron chi connectivity index (χ2n) is 10.6. The van der Waals surface area contributed by atoms with Gasteiger partial charge in [-0.25, -0.2) is 0 Å². The molecule has 0 amide bonds. The molecule has 0 N–H and O–H groups in total. The molecule has 0 spiro atoms. The SMILES string of the molecule is c1cc(-c2ccc3sc4occc4c3c2)cc(-c2ccc3sc4occ(Oc5coc6sc7ccccc7c56)c4c3c2)c1. The third-order valence-electron chi connectivity index (χ3n) is 8.11. The minimum Gasteiger partial charge on any atom is -0.454 e. The summed E-state index contributed by atoms with van der Waals surface area (Å²) in [6.07, 6.45) is 5.17. The van der Waals surface area contributed by atoms with Gasteiger partial charge in [-0.3, -0.25) is 0 Å². The molecule has 7 heteroatoms. The average Bonchev–Trinajstić information content (AvgIpc) is 3.87. The van der Waals surface area contributed by atoms with E-state index in [4.69, 9.17) is 18.0 Å². The molecule has 0 saturated heterocycles. The van der Waals surface area contributed by atoms with Crippen LogP contribution in [0, 0.1) is 0 Å². The van der Waals surface area contributed by atoms with Gasteiger partial charge in [0.15, 0.2) is 26.2 Å². The average molecular weight is 611 g/mol. The molecule has 204 valence electrons. The van der Waals surface area contributed by atoms with E-state index < -0.39 is 0 Å². The van der Waals surface area contributed by atoms with Gasteiger partial charge in [0.2, 0.25) is 0 Å². The van der Waals surface area contributed by atoms with Crippen LogP contribution in [0.3, 0.4) is 0 Å². The van der Waals surface area contributed by atoms with E-state index in [-0.39, 0.29) is 0 Å². The third kappa shape index (κ3) is 3.53.